The molecule has 3 aromatic rings. The van der Waals surface area contributed by atoms with E-state index < -0.39 is 106 Å². The summed E-state index contributed by atoms with van der Waals surface area (Å²) in [6.07, 6.45) is -4.07. The normalized spacial score (nSPS) is 17.0. The maximum absolute atomic E-state index is 15.0. The fourth-order valence-corrected chi connectivity index (χ4v) is 3.23. The maximum atomic E-state index is 15.0. The van der Waals surface area contributed by atoms with Gasteiger partial charge in [-0.05, 0) is 29.2 Å². The molecule has 2 aromatic carbocycles. The van der Waals surface area contributed by atoms with Gasteiger partial charge in [0, 0.05) is 26.7 Å². The summed E-state index contributed by atoms with van der Waals surface area (Å²) >= 11 is 5.81. The van der Waals surface area contributed by atoms with E-state index >= 15 is 0 Å². The average molecular weight is 456 g/mol. The molecule has 0 saturated carbocycles. The van der Waals surface area contributed by atoms with Crippen LogP contribution >= 0.6 is 11.6 Å². The van der Waals surface area contributed by atoms with Gasteiger partial charge in [-0.1, -0.05) is 37.6 Å². The van der Waals surface area contributed by atoms with Gasteiger partial charge in [-0.25, -0.2) is 9.18 Å². The first-order valence-corrected chi connectivity index (χ1v) is 9.46. The van der Waals surface area contributed by atoms with Gasteiger partial charge in [-0.3, -0.25) is 4.79 Å². The summed E-state index contributed by atoms with van der Waals surface area (Å²) in [4.78, 5) is 25.4. The number of pyridine rings is 1. The van der Waals surface area contributed by atoms with Crippen molar-refractivity contribution in [3.63, 3.8) is 0 Å². The van der Waals surface area contributed by atoms with Gasteiger partial charge in [0.05, 0.1) is 38.5 Å². The SMILES string of the molecule is [2H]c1c(C([2H])([2H])c2cccc(Cl)c2F)c(OC([2H])([2H])[2H])c([2H])c2c1c(=O)c(C(=O)O)c([2H])n2[C@H](CO)C(C)C. The quantitative estimate of drug-likeness (QED) is 0.555. The number of fused-ring (bicyclic) bond motifs is 1. The largest absolute Gasteiger partial charge is 0.496 e. The number of aromatic carboxylic acids is 1. The number of ether oxygens (including phenoxy) is 1. The van der Waals surface area contributed by atoms with E-state index in [4.69, 9.17) is 27.3 Å². The fraction of sp³-hybridized carbons (Fsp3) is 0.304. The molecule has 1 heterocycles. The third-order valence-corrected chi connectivity index (χ3v) is 4.98. The first-order valence-electron chi connectivity index (χ1n) is 13.1. The molecule has 31 heavy (non-hydrogen) atoms. The number of aliphatic hydroxyl groups is 1. The number of carbonyl (C=O) groups is 1. The smallest absolute Gasteiger partial charge is 0.341 e. The highest BCUT2D eigenvalue weighted by Gasteiger charge is 2.23. The van der Waals surface area contributed by atoms with Crippen molar-refractivity contribution in [3.05, 3.63) is 74.2 Å². The minimum Gasteiger partial charge on any atom is -0.496 e. The summed E-state index contributed by atoms with van der Waals surface area (Å²) in [6, 6.07) is 0.0539. The van der Waals surface area contributed by atoms with Crippen molar-refractivity contribution in [2.24, 2.45) is 5.92 Å². The van der Waals surface area contributed by atoms with Gasteiger partial charge in [0.15, 0.2) is 0 Å². The van der Waals surface area contributed by atoms with Crippen LogP contribution in [0.25, 0.3) is 10.9 Å². The van der Waals surface area contributed by atoms with Gasteiger partial charge in [0.2, 0.25) is 5.43 Å². The van der Waals surface area contributed by atoms with E-state index in [2.05, 4.69) is 0 Å². The number of benzene rings is 2. The topological polar surface area (TPSA) is 88.8 Å². The van der Waals surface area contributed by atoms with E-state index in [9.17, 15) is 24.2 Å². The molecule has 0 spiro atoms. The minimum atomic E-state index is -3.32. The van der Waals surface area contributed by atoms with Crippen LogP contribution in [0.1, 0.15) is 52.3 Å². The van der Waals surface area contributed by atoms with Gasteiger partial charge in [0.25, 0.3) is 0 Å². The van der Waals surface area contributed by atoms with Crippen molar-refractivity contribution < 1.29 is 35.1 Å². The predicted molar refractivity (Wildman–Crippen MR) is 117 cm³/mol. The van der Waals surface area contributed by atoms with Crippen LogP contribution in [0.3, 0.4) is 0 Å². The Kier molecular flexibility index (Phi) is 4.16. The van der Waals surface area contributed by atoms with Crippen molar-refractivity contribution >= 4 is 28.5 Å². The van der Waals surface area contributed by atoms with Gasteiger partial charge >= 0.3 is 5.97 Å². The number of carboxylic acid groups (broad SMARTS) is 1. The second-order valence-corrected chi connectivity index (χ2v) is 7.40. The minimum absolute atomic E-state index is 0.509. The van der Waals surface area contributed by atoms with Crippen molar-refractivity contribution in [3.8, 4) is 5.75 Å². The Balaban J connectivity index is 2.73. The fourth-order valence-electron chi connectivity index (χ4n) is 3.05. The molecule has 1 atom stereocenters. The van der Waals surface area contributed by atoms with Crippen LogP contribution in [-0.2, 0) is 6.37 Å². The number of aliphatic hydroxyl groups excluding tert-OH is 1. The van der Waals surface area contributed by atoms with E-state index in [1.165, 1.54) is 6.07 Å². The van der Waals surface area contributed by atoms with Crippen LogP contribution in [0.15, 0.2) is 41.3 Å². The van der Waals surface area contributed by atoms with Crippen LogP contribution in [0.5, 0.6) is 5.75 Å². The second kappa shape index (κ2) is 9.08. The number of nitrogens with zero attached hydrogens (tertiary/aromatic N) is 1. The molecule has 6 nitrogen and oxygen atoms in total. The molecule has 164 valence electrons. The van der Waals surface area contributed by atoms with Gasteiger partial charge < -0.3 is 19.5 Å². The zero-order chi connectivity index (χ0) is 29.8. The van der Waals surface area contributed by atoms with Crippen LogP contribution in [-0.4, -0.2) is 34.4 Å². The number of hydrogen-bond donors (Lipinski definition) is 2. The molecule has 0 saturated heterocycles. The third kappa shape index (κ3) is 4.29. The monoisotopic (exact) mass is 455 g/mol. The van der Waals surface area contributed by atoms with Crippen molar-refractivity contribution in [2.45, 2.75) is 26.3 Å². The summed E-state index contributed by atoms with van der Waals surface area (Å²) in [7, 11) is -3.32. The van der Waals surface area contributed by atoms with Crippen LogP contribution in [0.4, 0.5) is 4.39 Å². The van der Waals surface area contributed by atoms with Crippen molar-refractivity contribution in [1.29, 1.82) is 0 Å². The Morgan fingerprint density at radius 3 is 2.74 bits per heavy atom. The number of halogens is 2. The number of aromatic nitrogens is 1. The van der Waals surface area contributed by atoms with Gasteiger partial charge in [0.1, 0.15) is 17.1 Å². The lowest BCUT2D eigenvalue weighted by atomic mass is 9.98. The van der Waals surface area contributed by atoms with E-state index in [1.54, 1.807) is 13.8 Å². The molecule has 0 fully saturated rings. The van der Waals surface area contributed by atoms with Gasteiger partial charge in [-0.2, -0.15) is 0 Å². The Hall–Kier alpha value is -2.90. The predicted octanol–water partition coefficient (Wildman–Crippen LogP) is 4.28. The van der Waals surface area contributed by atoms with Crippen molar-refractivity contribution in [2.75, 3.05) is 13.6 Å². The summed E-state index contributed by atoms with van der Waals surface area (Å²) in [6.45, 7) is 2.47. The second-order valence-electron chi connectivity index (χ2n) is 6.99. The lowest BCUT2D eigenvalue weighted by Crippen LogP contribution is -2.25. The first-order chi connectivity index (χ1) is 17.9. The average Bonchev–Trinajstić information content (AvgIpc) is 2.79. The van der Waals surface area contributed by atoms with Crippen molar-refractivity contribution in [1.82, 2.24) is 4.57 Å². The molecule has 0 radical (unpaired) electrons. The summed E-state index contributed by atoms with van der Waals surface area (Å²) < 4.78 is 86.9. The summed E-state index contributed by atoms with van der Waals surface area (Å²) in [5.74, 6) is -4.72. The highest BCUT2D eigenvalue weighted by Crippen LogP contribution is 2.31. The Morgan fingerprint density at radius 2 is 2.13 bits per heavy atom. The van der Waals surface area contributed by atoms with E-state index in [0.29, 0.717) is 0 Å². The number of hydrogen-bond acceptors (Lipinski definition) is 4. The molecule has 0 unspecified atom stereocenters. The highest BCUT2D eigenvalue weighted by atomic mass is 35.5. The maximum Gasteiger partial charge on any atom is 0.341 e. The molecule has 0 bridgehead atoms. The lowest BCUT2D eigenvalue weighted by molar-refractivity contribution is 0.0694. The Bertz CT molecular complexity index is 1540. The standard InChI is InChI=1S/C23H23ClFNO5/c1-12(2)19(11-27)26-10-16(23(29)30)22(28)15-8-14(20(31-3)9-18(15)26)7-13-5-4-6-17(24)21(13)25/h4-6,8-10,12,19,27H,7,11H2,1-3H3,(H,29,30)/t19-/m1/s1/i3D3,7D2,8D,9D,10D. The molecule has 0 amide bonds. The lowest BCUT2D eigenvalue weighted by Gasteiger charge is -2.25. The van der Waals surface area contributed by atoms with Crippen LogP contribution in [0, 0.1) is 11.7 Å². The zero-order valence-corrected chi connectivity index (χ0v) is 17.2. The number of methoxy groups -OCH3 is 1. The molecule has 0 aliphatic rings. The molecule has 0 aliphatic heterocycles. The summed E-state index contributed by atoms with van der Waals surface area (Å²) in [5, 5.41) is 18.4. The molecular weight excluding hydrogens is 425 g/mol. The Labute approximate surface area is 194 Å². The van der Waals surface area contributed by atoms with E-state index in [0.717, 1.165) is 16.7 Å². The number of carboxylic acids is 1. The van der Waals surface area contributed by atoms with Crippen LogP contribution in [0.2, 0.25) is 5.02 Å². The molecule has 1 aromatic heterocycles. The molecule has 8 heteroatoms. The Morgan fingerprint density at radius 1 is 1.39 bits per heavy atom. The molecular formula is C23H23ClFNO5. The number of rotatable bonds is 7. The first kappa shape index (κ1) is 14.2. The van der Waals surface area contributed by atoms with Gasteiger partial charge in [-0.15, -0.1) is 0 Å². The van der Waals surface area contributed by atoms with Crippen LogP contribution < -0.4 is 10.2 Å². The summed E-state index contributed by atoms with van der Waals surface area (Å²) in [5.41, 5.74) is -5.00. The van der Waals surface area contributed by atoms with E-state index in [-0.39, 0.29) is 0 Å². The zero-order valence-electron chi connectivity index (χ0n) is 24.4. The highest BCUT2D eigenvalue weighted by molar-refractivity contribution is 6.30. The van der Waals surface area contributed by atoms with E-state index in [1.807, 2.05) is 0 Å². The third-order valence-electron chi connectivity index (χ3n) is 4.69. The molecule has 3 rings (SSSR count). The molecule has 0 aliphatic carbocycles. The molecule has 2 N–H and O–H groups in total.